The van der Waals surface area contributed by atoms with Gasteiger partial charge in [0.2, 0.25) is 0 Å². The molecule has 1 rings (SSSR count). The Morgan fingerprint density at radius 2 is 2.06 bits per heavy atom. The van der Waals surface area contributed by atoms with Crippen molar-refractivity contribution >= 4 is 0 Å². The molecule has 1 atom stereocenters. The zero-order chi connectivity index (χ0) is 12.2. The maximum Gasteiger partial charge on any atom is 0.0753 e. The van der Waals surface area contributed by atoms with Crippen LogP contribution in [0.3, 0.4) is 0 Å². The number of ether oxygens (including phenoxy) is 1. The lowest BCUT2D eigenvalue weighted by atomic mass is 10.0. The van der Waals surface area contributed by atoms with Gasteiger partial charge in [0.15, 0.2) is 0 Å². The van der Waals surface area contributed by atoms with E-state index in [2.05, 4.69) is 44.8 Å². The Morgan fingerprint density at radius 1 is 1.38 bits per heavy atom. The SMILES string of the molecule is CCNC(CN1CCOC(C)(C)C1)C(C)C. The van der Waals surface area contributed by atoms with E-state index in [4.69, 9.17) is 4.74 Å². The molecule has 1 heterocycles. The predicted octanol–water partition coefficient (Wildman–Crippen LogP) is 1.73. The first-order valence-electron chi connectivity index (χ1n) is 6.54. The van der Waals surface area contributed by atoms with Crippen molar-refractivity contribution < 1.29 is 4.74 Å². The summed E-state index contributed by atoms with van der Waals surface area (Å²) in [4.78, 5) is 2.52. The van der Waals surface area contributed by atoms with Gasteiger partial charge in [-0.25, -0.2) is 0 Å². The van der Waals surface area contributed by atoms with E-state index in [1.165, 1.54) is 0 Å². The van der Waals surface area contributed by atoms with Crippen LogP contribution >= 0.6 is 0 Å². The highest BCUT2D eigenvalue weighted by atomic mass is 16.5. The van der Waals surface area contributed by atoms with Gasteiger partial charge in [-0.15, -0.1) is 0 Å². The standard InChI is InChI=1S/C13H28N2O/c1-6-14-12(11(2)3)9-15-7-8-16-13(4,5)10-15/h11-12,14H,6-10H2,1-5H3. The van der Waals surface area contributed by atoms with E-state index in [0.29, 0.717) is 12.0 Å². The fraction of sp³-hybridized carbons (Fsp3) is 1.00. The van der Waals surface area contributed by atoms with Crippen LogP contribution in [0.4, 0.5) is 0 Å². The van der Waals surface area contributed by atoms with E-state index in [-0.39, 0.29) is 5.60 Å². The molecule has 16 heavy (non-hydrogen) atoms. The molecule has 1 unspecified atom stereocenters. The van der Waals surface area contributed by atoms with Gasteiger partial charge < -0.3 is 10.1 Å². The summed E-state index contributed by atoms with van der Waals surface area (Å²) in [5, 5.41) is 3.57. The van der Waals surface area contributed by atoms with E-state index in [1.807, 2.05) is 0 Å². The summed E-state index contributed by atoms with van der Waals surface area (Å²) in [6, 6.07) is 0.596. The van der Waals surface area contributed by atoms with Gasteiger partial charge in [0.05, 0.1) is 12.2 Å². The number of nitrogens with zero attached hydrogens (tertiary/aromatic N) is 1. The molecule has 1 aliphatic rings. The van der Waals surface area contributed by atoms with Crippen LogP contribution in [0, 0.1) is 5.92 Å². The van der Waals surface area contributed by atoms with E-state index < -0.39 is 0 Å². The summed E-state index contributed by atoms with van der Waals surface area (Å²) in [5.41, 5.74) is 0.0198. The number of morpholine rings is 1. The second-order valence-corrected chi connectivity index (χ2v) is 5.75. The zero-order valence-corrected chi connectivity index (χ0v) is 11.5. The number of hydrogen-bond acceptors (Lipinski definition) is 3. The van der Waals surface area contributed by atoms with Gasteiger partial charge in [0.25, 0.3) is 0 Å². The van der Waals surface area contributed by atoms with Crippen molar-refractivity contribution in [2.45, 2.75) is 46.3 Å². The van der Waals surface area contributed by atoms with Crippen molar-refractivity contribution in [2.75, 3.05) is 32.8 Å². The first-order chi connectivity index (χ1) is 7.44. The van der Waals surface area contributed by atoms with E-state index in [9.17, 15) is 0 Å². The average molecular weight is 228 g/mol. The molecule has 1 aliphatic heterocycles. The monoisotopic (exact) mass is 228 g/mol. The molecule has 0 amide bonds. The molecule has 96 valence electrons. The maximum atomic E-state index is 5.74. The van der Waals surface area contributed by atoms with E-state index in [0.717, 1.165) is 32.8 Å². The quantitative estimate of drug-likeness (QED) is 0.775. The van der Waals surface area contributed by atoms with Crippen LogP contribution in [0.25, 0.3) is 0 Å². The molecule has 0 aromatic rings. The minimum absolute atomic E-state index is 0.0198. The van der Waals surface area contributed by atoms with Crippen LogP contribution in [-0.4, -0.2) is 49.3 Å². The van der Waals surface area contributed by atoms with Crippen molar-refractivity contribution in [3.8, 4) is 0 Å². The highest BCUT2D eigenvalue weighted by molar-refractivity contribution is 4.83. The van der Waals surface area contributed by atoms with E-state index >= 15 is 0 Å². The van der Waals surface area contributed by atoms with Crippen LogP contribution in [0.1, 0.15) is 34.6 Å². The third kappa shape index (κ3) is 4.40. The van der Waals surface area contributed by atoms with Crippen LogP contribution in [-0.2, 0) is 4.74 Å². The Balaban J connectivity index is 2.44. The summed E-state index contributed by atoms with van der Waals surface area (Å²) in [6.45, 7) is 16.3. The molecule has 0 bridgehead atoms. The van der Waals surface area contributed by atoms with Crippen LogP contribution < -0.4 is 5.32 Å². The molecule has 0 aromatic heterocycles. The van der Waals surface area contributed by atoms with Crippen molar-refractivity contribution in [1.29, 1.82) is 0 Å². The lowest BCUT2D eigenvalue weighted by Crippen LogP contribution is -2.53. The van der Waals surface area contributed by atoms with Gasteiger partial charge in [-0.3, -0.25) is 4.90 Å². The zero-order valence-electron chi connectivity index (χ0n) is 11.5. The molecule has 1 fully saturated rings. The third-order valence-electron chi connectivity index (χ3n) is 3.23. The fourth-order valence-electron chi connectivity index (χ4n) is 2.32. The summed E-state index contributed by atoms with van der Waals surface area (Å²) >= 11 is 0. The van der Waals surface area contributed by atoms with Gasteiger partial charge in [-0.05, 0) is 26.3 Å². The molecular formula is C13H28N2O. The Bertz CT molecular complexity index is 204. The summed E-state index contributed by atoms with van der Waals surface area (Å²) in [7, 11) is 0. The maximum absolute atomic E-state index is 5.74. The molecule has 3 nitrogen and oxygen atoms in total. The third-order valence-corrected chi connectivity index (χ3v) is 3.23. The van der Waals surface area contributed by atoms with Crippen molar-refractivity contribution in [3.05, 3.63) is 0 Å². The van der Waals surface area contributed by atoms with E-state index in [1.54, 1.807) is 0 Å². The van der Waals surface area contributed by atoms with Crippen LogP contribution in [0.2, 0.25) is 0 Å². The molecule has 0 saturated carbocycles. The highest BCUT2D eigenvalue weighted by Crippen LogP contribution is 2.17. The predicted molar refractivity (Wildman–Crippen MR) is 68.8 cm³/mol. The molecule has 0 spiro atoms. The normalized spacial score (nSPS) is 23.6. The number of nitrogens with one attached hydrogen (secondary N) is 1. The Labute approximate surface area is 101 Å². The van der Waals surface area contributed by atoms with Crippen molar-refractivity contribution in [1.82, 2.24) is 10.2 Å². The molecule has 1 saturated heterocycles. The molecule has 0 aliphatic carbocycles. The lowest BCUT2D eigenvalue weighted by molar-refractivity contribution is -0.0883. The van der Waals surface area contributed by atoms with Gasteiger partial charge >= 0.3 is 0 Å². The van der Waals surface area contributed by atoms with Crippen LogP contribution in [0.15, 0.2) is 0 Å². The Kier molecular flexibility index (Phi) is 5.22. The van der Waals surface area contributed by atoms with Crippen molar-refractivity contribution in [2.24, 2.45) is 5.92 Å². The van der Waals surface area contributed by atoms with Gasteiger partial charge in [-0.1, -0.05) is 20.8 Å². The molecular weight excluding hydrogens is 200 g/mol. The fourth-order valence-corrected chi connectivity index (χ4v) is 2.32. The summed E-state index contributed by atoms with van der Waals surface area (Å²) in [5.74, 6) is 0.686. The van der Waals surface area contributed by atoms with Crippen molar-refractivity contribution in [3.63, 3.8) is 0 Å². The minimum Gasteiger partial charge on any atom is -0.373 e. The average Bonchev–Trinajstić information content (AvgIpc) is 2.15. The highest BCUT2D eigenvalue weighted by Gasteiger charge is 2.28. The topological polar surface area (TPSA) is 24.5 Å². The summed E-state index contributed by atoms with van der Waals surface area (Å²) < 4.78 is 5.74. The number of rotatable bonds is 5. The molecule has 3 heteroatoms. The number of likely N-dealkylation sites (N-methyl/N-ethyl adjacent to an activating group) is 1. The van der Waals surface area contributed by atoms with Crippen LogP contribution in [0.5, 0.6) is 0 Å². The Hall–Kier alpha value is -0.120. The van der Waals surface area contributed by atoms with Gasteiger partial charge in [0, 0.05) is 25.7 Å². The first kappa shape index (κ1) is 13.9. The molecule has 0 radical (unpaired) electrons. The van der Waals surface area contributed by atoms with Gasteiger partial charge in [-0.2, -0.15) is 0 Å². The Morgan fingerprint density at radius 3 is 2.56 bits per heavy atom. The lowest BCUT2D eigenvalue weighted by Gasteiger charge is -2.40. The summed E-state index contributed by atoms with van der Waals surface area (Å²) in [6.07, 6.45) is 0. The second kappa shape index (κ2) is 5.99. The smallest absolute Gasteiger partial charge is 0.0753 e. The largest absolute Gasteiger partial charge is 0.373 e. The van der Waals surface area contributed by atoms with Gasteiger partial charge in [0.1, 0.15) is 0 Å². The molecule has 0 aromatic carbocycles. The first-order valence-corrected chi connectivity index (χ1v) is 6.54. The molecule has 1 N–H and O–H groups in total. The second-order valence-electron chi connectivity index (χ2n) is 5.75. The number of hydrogen-bond donors (Lipinski definition) is 1. The minimum atomic E-state index is 0.0198.